The highest BCUT2D eigenvalue weighted by Gasteiger charge is 2.22. The van der Waals surface area contributed by atoms with Crippen molar-refractivity contribution < 1.29 is 17.4 Å². The van der Waals surface area contributed by atoms with Crippen LogP contribution < -0.4 is 4.72 Å². The fourth-order valence-corrected chi connectivity index (χ4v) is 1.90. The van der Waals surface area contributed by atoms with E-state index in [4.69, 9.17) is 0 Å². The van der Waals surface area contributed by atoms with E-state index in [0.29, 0.717) is 6.42 Å². The van der Waals surface area contributed by atoms with Crippen LogP contribution in [0.3, 0.4) is 0 Å². The van der Waals surface area contributed by atoms with Crippen LogP contribution in [0, 0.1) is 0 Å². The Morgan fingerprint density at radius 2 is 2.31 bits per heavy atom. The van der Waals surface area contributed by atoms with Crippen molar-refractivity contribution in [3.63, 3.8) is 0 Å². The van der Waals surface area contributed by atoms with Crippen LogP contribution in [-0.2, 0) is 19.3 Å². The summed E-state index contributed by atoms with van der Waals surface area (Å²) in [6.07, 6.45) is 3.42. The summed E-state index contributed by atoms with van der Waals surface area (Å²) in [5.41, 5.74) is 0. The molecule has 13 heavy (non-hydrogen) atoms. The van der Waals surface area contributed by atoms with Crippen molar-refractivity contribution in [3.05, 3.63) is 12.2 Å². The molecule has 0 aliphatic carbocycles. The van der Waals surface area contributed by atoms with Gasteiger partial charge in [0.1, 0.15) is 0 Å². The summed E-state index contributed by atoms with van der Waals surface area (Å²) in [6, 6.07) is -0.331. The fourth-order valence-electron chi connectivity index (χ4n) is 0.950. The summed E-state index contributed by atoms with van der Waals surface area (Å²) in [4.78, 5) is 10.6. The monoisotopic (exact) mass is 205 g/mol. The van der Waals surface area contributed by atoms with Crippen LogP contribution in [0.5, 0.6) is 0 Å². The maximum absolute atomic E-state index is 10.9. The minimum absolute atomic E-state index is 0.106. The molecule has 1 unspecified atom stereocenters. The predicted octanol–water partition coefficient (Wildman–Crippen LogP) is -0.245. The third-order valence-electron chi connectivity index (χ3n) is 1.53. The molecule has 5 nitrogen and oxygen atoms in total. The van der Waals surface area contributed by atoms with Crippen LogP contribution in [-0.4, -0.2) is 26.8 Å². The average Bonchev–Trinajstić information content (AvgIpc) is 1.99. The smallest absolute Gasteiger partial charge is 0.295 e. The molecule has 1 rings (SSSR count). The van der Waals surface area contributed by atoms with Crippen LogP contribution in [0.1, 0.15) is 13.3 Å². The predicted molar refractivity (Wildman–Crippen MR) is 46.2 cm³/mol. The van der Waals surface area contributed by atoms with Crippen LogP contribution >= 0.6 is 0 Å². The van der Waals surface area contributed by atoms with Gasteiger partial charge < -0.3 is 0 Å². The Morgan fingerprint density at radius 1 is 1.62 bits per heavy atom. The highest BCUT2D eigenvalue weighted by atomic mass is 32.2. The van der Waals surface area contributed by atoms with Gasteiger partial charge >= 0.3 is 10.3 Å². The van der Waals surface area contributed by atoms with Crippen molar-refractivity contribution in [2.45, 2.75) is 19.4 Å². The molecule has 1 aliphatic rings. The van der Waals surface area contributed by atoms with E-state index in [1.165, 1.54) is 19.1 Å². The van der Waals surface area contributed by atoms with E-state index in [2.05, 4.69) is 8.91 Å². The van der Waals surface area contributed by atoms with Gasteiger partial charge in [0.25, 0.3) is 0 Å². The van der Waals surface area contributed by atoms with Crippen molar-refractivity contribution in [1.82, 2.24) is 4.72 Å². The topological polar surface area (TPSA) is 72.5 Å². The number of hydrogen-bond donors (Lipinski definition) is 1. The van der Waals surface area contributed by atoms with Gasteiger partial charge in [-0.15, -0.1) is 0 Å². The first kappa shape index (κ1) is 10.4. The second kappa shape index (κ2) is 3.99. The lowest BCUT2D eigenvalue weighted by Gasteiger charge is -2.19. The molecule has 0 radical (unpaired) electrons. The summed E-state index contributed by atoms with van der Waals surface area (Å²) >= 11 is 0. The Labute approximate surface area is 77.0 Å². The lowest BCUT2D eigenvalue weighted by Crippen LogP contribution is -2.40. The molecular weight excluding hydrogens is 194 g/mol. The SMILES string of the molecule is CC(=O)/C=C/C1CCOS(=O)(=O)N1. The van der Waals surface area contributed by atoms with Gasteiger partial charge in [-0.25, -0.2) is 0 Å². The molecule has 0 spiro atoms. The van der Waals surface area contributed by atoms with Crippen molar-refractivity contribution in [2.75, 3.05) is 6.61 Å². The zero-order valence-corrected chi connectivity index (χ0v) is 8.00. The quantitative estimate of drug-likeness (QED) is 0.631. The molecule has 0 saturated carbocycles. The van der Waals surface area contributed by atoms with Crippen molar-refractivity contribution in [3.8, 4) is 0 Å². The maximum atomic E-state index is 10.9. The maximum Gasteiger partial charge on any atom is 0.336 e. The molecule has 0 amide bonds. The van der Waals surface area contributed by atoms with Crippen LogP contribution in [0.25, 0.3) is 0 Å². The first-order valence-electron chi connectivity index (χ1n) is 3.85. The van der Waals surface area contributed by atoms with Gasteiger partial charge in [-0.1, -0.05) is 6.08 Å². The summed E-state index contributed by atoms with van der Waals surface area (Å²) in [5.74, 6) is -0.106. The molecule has 0 aromatic rings. The lowest BCUT2D eigenvalue weighted by atomic mass is 10.2. The highest BCUT2D eigenvalue weighted by Crippen LogP contribution is 2.06. The molecule has 6 heteroatoms. The first-order valence-corrected chi connectivity index (χ1v) is 5.26. The molecule has 1 atom stereocenters. The molecule has 1 N–H and O–H groups in total. The Bertz CT molecular complexity index is 319. The average molecular weight is 205 g/mol. The summed E-state index contributed by atoms with van der Waals surface area (Å²) in [5, 5.41) is 0. The van der Waals surface area contributed by atoms with E-state index >= 15 is 0 Å². The van der Waals surface area contributed by atoms with E-state index < -0.39 is 10.3 Å². The highest BCUT2D eigenvalue weighted by molar-refractivity contribution is 7.84. The molecule has 1 heterocycles. The van der Waals surface area contributed by atoms with Crippen molar-refractivity contribution >= 4 is 16.1 Å². The second-order valence-corrected chi connectivity index (χ2v) is 4.14. The molecule has 0 aromatic heterocycles. The molecule has 74 valence electrons. The number of ketones is 1. The fraction of sp³-hybridized carbons (Fsp3) is 0.571. The van der Waals surface area contributed by atoms with E-state index in [1.54, 1.807) is 0 Å². The zero-order valence-electron chi connectivity index (χ0n) is 7.19. The molecule has 0 aromatic carbocycles. The Hall–Kier alpha value is -0.720. The van der Waals surface area contributed by atoms with Gasteiger partial charge in [0.15, 0.2) is 5.78 Å². The second-order valence-electron chi connectivity index (χ2n) is 2.76. The van der Waals surface area contributed by atoms with Gasteiger partial charge in [0, 0.05) is 6.04 Å². The van der Waals surface area contributed by atoms with Crippen LogP contribution in [0.4, 0.5) is 0 Å². The molecule has 1 saturated heterocycles. The Morgan fingerprint density at radius 3 is 2.85 bits per heavy atom. The lowest BCUT2D eigenvalue weighted by molar-refractivity contribution is -0.112. The zero-order chi connectivity index (χ0) is 9.90. The first-order chi connectivity index (χ1) is 5.99. The summed E-state index contributed by atoms with van der Waals surface area (Å²) < 4.78 is 28.4. The van der Waals surface area contributed by atoms with Gasteiger partial charge in [0.2, 0.25) is 0 Å². The number of allylic oxidation sites excluding steroid dienone is 1. The number of nitrogens with one attached hydrogen (secondary N) is 1. The molecule has 1 fully saturated rings. The van der Waals surface area contributed by atoms with E-state index in [9.17, 15) is 13.2 Å². The summed E-state index contributed by atoms with van der Waals surface area (Å²) in [6.45, 7) is 1.56. The molecule has 0 bridgehead atoms. The number of carbonyl (C=O) groups is 1. The molecular formula is C7H11NO4S. The minimum Gasteiger partial charge on any atom is -0.295 e. The van der Waals surface area contributed by atoms with E-state index in [1.807, 2.05) is 0 Å². The number of hydrogen-bond acceptors (Lipinski definition) is 4. The minimum atomic E-state index is -3.59. The standard InChI is InChI=1S/C7H11NO4S/c1-6(9)2-3-7-4-5-12-13(10,11)8-7/h2-3,7-8H,4-5H2,1H3/b3-2+. The number of carbonyl (C=O) groups excluding carboxylic acids is 1. The van der Waals surface area contributed by atoms with E-state index in [-0.39, 0.29) is 18.4 Å². The normalized spacial score (nSPS) is 27.6. The Kier molecular flexibility index (Phi) is 3.18. The molecule has 1 aliphatic heterocycles. The summed E-state index contributed by atoms with van der Waals surface area (Å²) in [7, 11) is -3.59. The van der Waals surface area contributed by atoms with Crippen LogP contribution in [0.2, 0.25) is 0 Å². The van der Waals surface area contributed by atoms with E-state index in [0.717, 1.165) is 0 Å². The third kappa shape index (κ3) is 3.67. The van der Waals surface area contributed by atoms with Gasteiger partial charge in [0.05, 0.1) is 6.61 Å². The van der Waals surface area contributed by atoms with Crippen molar-refractivity contribution in [1.29, 1.82) is 0 Å². The van der Waals surface area contributed by atoms with Gasteiger partial charge in [-0.05, 0) is 19.4 Å². The van der Waals surface area contributed by atoms with Crippen LogP contribution in [0.15, 0.2) is 12.2 Å². The van der Waals surface area contributed by atoms with Gasteiger partial charge in [-0.3, -0.25) is 8.98 Å². The van der Waals surface area contributed by atoms with Crippen molar-refractivity contribution in [2.24, 2.45) is 0 Å². The largest absolute Gasteiger partial charge is 0.336 e. The third-order valence-corrected chi connectivity index (χ3v) is 2.59. The van der Waals surface area contributed by atoms with Gasteiger partial charge in [-0.2, -0.15) is 13.1 Å². The number of rotatable bonds is 2. The Balaban J connectivity index is 2.58.